The van der Waals surface area contributed by atoms with Gasteiger partial charge in [0.15, 0.2) is 0 Å². The van der Waals surface area contributed by atoms with Crippen LogP contribution in [0.25, 0.3) is 0 Å². The molecule has 0 heterocycles. The second kappa shape index (κ2) is 10.2. The van der Waals surface area contributed by atoms with Crippen LogP contribution >= 0.6 is 0 Å². The third kappa shape index (κ3) is 8.61. The van der Waals surface area contributed by atoms with Crippen LogP contribution in [-0.4, -0.2) is 32.6 Å². The van der Waals surface area contributed by atoms with Gasteiger partial charge in [0.2, 0.25) is 10.0 Å². The van der Waals surface area contributed by atoms with E-state index in [1.807, 2.05) is 0 Å². The van der Waals surface area contributed by atoms with E-state index in [1.165, 1.54) is 6.08 Å². The lowest BCUT2D eigenvalue weighted by Gasteiger charge is -2.19. The first-order chi connectivity index (χ1) is 14.5. The van der Waals surface area contributed by atoms with Gasteiger partial charge in [0.1, 0.15) is 5.60 Å². The molecule has 0 fully saturated rings. The number of nitrogens with one attached hydrogen (secondary N) is 3. The Morgan fingerprint density at radius 1 is 0.968 bits per heavy atom. The first kappa shape index (κ1) is 24.1. The number of amides is 2. The van der Waals surface area contributed by atoms with Gasteiger partial charge in [-0.1, -0.05) is 18.2 Å². The van der Waals surface area contributed by atoms with Crippen LogP contribution in [0, 0.1) is 0 Å². The van der Waals surface area contributed by atoms with E-state index >= 15 is 0 Å². The summed E-state index contributed by atoms with van der Waals surface area (Å²) < 4.78 is 31.4. The molecule has 0 aliphatic heterocycles. The predicted octanol–water partition coefficient (Wildman–Crippen LogP) is 3.89. The zero-order valence-corrected chi connectivity index (χ0v) is 18.6. The molecule has 0 aliphatic carbocycles. The molecular weight excluding hydrogens is 418 g/mol. The Bertz CT molecular complexity index is 1020. The summed E-state index contributed by atoms with van der Waals surface area (Å²) in [5, 5.41) is 5.34. The molecule has 166 valence electrons. The summed E-state index contributed by atoms with van der Waals surface area (Å²) in [5.74, 6) is -0.502. The van der Waals surface area contributed by atoms with Gasteiger partial charge in [-0.3, -0.25) is 10.1 Å². The SMILES string of the molecule is C=CCNS(=O)(=O)Cc1ccc(NC(=O)c2ccc(NC(=O)OC(C)(C)C)cc2)cc1. The van der Waals surface area contributed by atoms with Crippen molar-refractivity contribution in [1.29, 1.82) is 0 Å². The van der Waals surface area contributed by atoms with Crippen LogP contribution < -0.4 is 15.4 Å². The summed E-state index contributed by atoms with van der Waals surface area (Å²) in [6, 6.07) is 12.9. The number of ether oxygens (including phenoxy) is 1. The molecule has 31 heavy (non-hydrogen) atoms. The van der Waals surface area contributed by atoms with Gasteiger partial charge < -0.3 is 10.1 Å². The lowest BCUT2D eigenvalue weighted by Crippen LogP contribution is -2.27. The maximum Gasteiger partial charge on any atom is 0.412 e. The van der Waals surface area contributed by atoms with E-state index in [-0.39, 0.29) is 18.2 Å². The Morgan fingerprint density at radius 3 is 2.06 bits per heavy atom. The smallest absolute Gasteiger partial charge is 0.412 e. The van der Waals surface area contributed by atoms with Crippen molar-refractivity contribution in [2.75, 3.05) is 17.2 Å². The summed E-state index contributed by atoms with van der Waals surface area (Å²) in [6.45, 7) is 8.95. The molecule has 0 aromatic heterocycles. The second-order valence-corrected chi connectivity index (χ2v) is 9.56. The van der Waals surface area contributed by atoms with Crippen LogP contribution in [0.5, 0.6) is 0 Å². The summed E-state index contributed by atoms with van der Waals surface area (Å²) in [7, 11) is -3.45. The molecule has 2 aromatic rings. The first-order valence-corrected chi connectivity index (χ1v) is 11.2. The van der Waals surface area contributed by atoms with Crippen LogP contribution in [0.15, 0.2) is 61.2 Å². The van der Waals surface area contributed by atoms with Crippen LogP contribution in [-0.2, 0) is 20.5 Å². The Kier molecular flexibility index (Phi) is 7.95. The number of anilines is 2. The molecule has 0 aliphatic rings. The molecule has 0 radical (unpaired) electrons. The summed E-state index contributed by atoms with van der Waals surface area (Å²) in [4.78, 5) is 24.2. The van der Waals surface area contributed by atoms with Gasteiger partial charge in [-0.05, 0) is 62.7 Å². The first-order valence-electron chi connectivity index (χ1n) is 9.56. The molecule has 8 nitrogen and oxygen atoms in total. The Balaban J connectivity index is 1.94. The van der Waals surface area contributed by atoms with Crippen LogP contribution in [0.3, 0.4) is 0 Å². The third-order valence-electron chi connectivity index (χ3n) is 3.81. The Hall–Kier alpha value is -3.17. The van der Waals surface area contributed by atoms with Crippen molar-refractivity contribution >= 4 is 33.4 Å². The van der Waals surface area contributed by atoms with Crippen molar-refractivity contribution in [3.8, 4) is 0 Å². The van der Waals surface area contributed by atoms with E-state index in [1.54, 1.807) is 69.3 Å². The van der Waals surface area contributed by atoms with E-state index in [4.69, 9.17) is 4.74 Å². The molecule has 0 unspecified atom stereocenters. The van der Waals surface area contributed by atoms with Gasteiger partial charge in [0.25, 0.3) is 5.91 Å². The number of benzene rings is 2. The molecule has 0 spiro atoms. The number of carbonyl (C=O) groups is 2. The van der Waals surface area contributed by atoms with Gasteiger partial charge in [0.05, 0.1) is 5.75 Å². The number of sulfonamides is 1. The van der Waals surface area contributed by atoms with Gasteiger partial charge in [-0.2, -0.15) is 0 Å². The number of hydrogen-bond acceptors (Lipinski definition) is 5. The molecule has 0 saturated carbocycles. The highest BCUT2D eigenvalue weighted by molar-refractivity contribution is 7.88. The highest BCUT2D eigenvalue weighted by Crippen LogP contribution is 2.16. The lowest BCUT2D eigenvalue weighted by atomic mass is 10.1. The minimum atomic E-state index is -3.45. The number of rotatable bonds is 8. The van der Waals surface area contributed by atoms with Crippen molar-refractivity contribution in [3.05, 3.63) is 72.3 Å². The van der Waals surface area contributed by atoms with Crippen molar-refractivity contribution < 1.29 is 22.7 Å². The van der Waals surface area contributed by atoms with E-state index < -0.39 is 21.7 Å². The monoisotopic (exact) mass is 445 g/mol. The Morgan fingerprint density at radius 2 is 1.52 bits per heavy atom. The van der Waals surface area contributed by atoms with Crippen LogP contribution in [0.2, 0.25) is 0 Å². The van der Waals surface area contributed by atoms with Gasteiger partial charge in [-0.25, -0.2) is 17.9 Å². The normalized spacial score (nSPS) is 11.5. The van der Waals surface area contributed by atoms with Crippen molar-refractivity contribution in [1.82, 2.24) is 4.72 Å². The van der Waals surface area contributed by atoms with E-state index in [2.05, 4.69) is 21.9 Å². The van der Waals surface area contributed by atoms with Gasteiger partial charge in [0, 0.05) is 23.5 Å². The standard InChI is InChI=1S/C22H27N3O5S/c1-5-14-23-31(28,29)15-16-6-10-18(11-7-16)24-20(26)17-8-12-19(13-9-17)25-21(27)30-22(2,3)4/h5-13,23H,1,14-15H2,2-4H3,(H,24,26)(H,25,27). The van der Waals surface area contributed by atoms with E-state index in [9.17, 15) is 18.0 Å². The summed E-state index contributed by atoms with van der Waals surface area (Å²) >= 11 is 0. The molecule has 2 aromatic carbocycles. The number of hydrogen-bond donors (Lipinski definition) is 3. The average molecular weight is 446 g/mol. The maximum atomic E-state index is 12.4. The fraction of sp³-hybridized carbons (Fsp3) is 0.273. The molecule has 2 amide bonds. The van der Waals surface area contributed by atoms with E-state index in [0.29, 0.717) is 22.5 Å². The third-order valence-corrected chi connectivity index (χ3v) is 5.13. The molecule has 0 saturated heterocycles. The topological polar surface area (TPSA) is 114 Å². The number of carbonyl (C=O) groups excluding carboxylic acids is 2. The van der Waals surface area contributed by atoms with Crippen molar-refractivity contribution in [2.45, 2.75) is 32.1 Å². The zero-order chi connectivity index (χ0) is 23.1. The van der Waals surface area contributed by atoms with Crippen molar-refractivity contribution in [3.63, 3.8) is 0 Å². The van der Waals surface area contributed by atoms with Gasteiger partial charge in [-0.15, -0.1) is 6.58 Å². The molecule has 0 atom stereocenters. The quantitative estimate of drug-likeness (QED) is 0.534. The minimum absolute atomic E-state index is 0.165. The van der Waals surface area contributed by atoms with Crippen molar-refractivity contribution in [2.24, 2.45) is 0 Å². The fourth-order valence-electron chi connectivity index (χ4n) is 2.47. The fourth-order valence-corrected chi connectivity index (χ4v) is 3.58. The minimum Gasteiger partial charge on any atom is -0.444 e. The Labute approximate surface area is 182 Å². The molecule has 2 rings (SSSR count). The van der Waals surface area contributed by atoms with Gasteiger partial charge >= 0.3 is 6.09 Å². The average Bonchev–Trinajstić information content (AvgIpc) is 2.67. The van der Waals surface area contributed by atoms with Crippen LogP contribution in [0.4, 0.5) is 16.2 Å². The predicted molar refractivity (Wildman–Crippen MR) is 122 cm³/mol. The summed E-state index contributed by atoms with van der Waals surface area (Å²) in [5.41, 5.74) is 1.41. The van der Waals surface area contributed by atoms with E-state index in [0.717, 1.165) is 0 Å². The molecule has 0 bridgehead atoms. The maximum absolute atomic E-state index is 12.4. The summed E-state index contributed by atoms with van der Waals surface area (Å²) in [6.07, 6.45) is 0.891. The lowest BCUT2D eigenvalue weighted by molar-refractivity contribution is 0.0635. The highest BCUT2D eigenvalue weighted by Gasteiger charge is 2.16. The van der Waals surface area contributed by atoms with Crippen LogP contribution in [0.1, 0.15) is 36.7 Å². The zero-order valence-electron chi connectivity index (χ0n) is 17.8. The largest absolute Gasteiger partial charge is 0.444 e. The molecular formula is C22H27N3O5S. The highest BCUT2D eigenvalue weighted by atomic mass is 32.2. The molecule has 9 heteroatoms. The second-order valence-electron chi connectivity index (χ2n) is 7.75. The molecule has 3 N–H and O–H groups in total.